The number of amides is 1. The highest BCUT2D eigenvalue weighted by atomic mass is 19.1. The fraction of sp³-hybridized carbons (Fsp3) is 0.118. The third kappa shape index (κ3) is 3.11. The van der Waals surface area contributed by atoms with Crippen molar-refractivity contribution in [2.45, 2.75) is 6.42 Å². The molecule has 0 atom stereocenters. The number of hydrogen-bond acceptors (Lipinski definition) is 3. The van der Waals surface area contributed by atoms with Gasteiger partial charge in [-0.05, 0) is 24.3 Å². The average Bonchev–Trinajstić information content (AvgIpc) is 2.57. The smallest absolute Gasteiger partial charge is 0.256 e. The lowest BCUT2D eigenvalue weighted by atomic mass is 10.1. The molecule has 1 aromatic carbocycles. The van der Waals surface area contributed by atoms with E-state index in [1.807, 2.05) is 18.2 Å². The second-order valence-corrected chi connectivity index (χ2v) is 5.02. The lowest BCUT2D eigenvalue weighted by Crippen LogP contribution is -2.30. The number of pyridine rings is 2. The zero-order valence-corrected chi connectivity index (χ0v) is 12.2. The maximum Gasteiger partial charge on any atom is 0.256 e. The Labute approximate surface area is 131 Å². The minimum absolute atomic E-state index is 0.0379. The molecule has 2 aromatic heterocycles. The predicted molar refractivity (Wildman–Crippen MR) is 84.8 cm³/mol. The third-order valence-electron chi connectivity index (χ3n) is 3.50. The Morgan fingerprint density at radius 1 is 1.22 bits per heavy atom. The zero-order chi connectivity index (χ0) is 16.2. The SMILES string of the molecule is O=C(NCCc1ccccn1)c1c[nH]c2c(F)cccc2c1=O. The third-order valence-corrected chi connectivity index (χ3v) is 3.50. The van der Waals surface area contributed by atoms with E-state index < -0.39 is 17.2 Å². The van der Waals surface area contributed by atoms with Gasteiger partial charge in [0.05, 0.1) is 5.52 Å². The molecular formula is C17H14FN3O2. The van der Waals surface area contributed by atoms with Gasteiger partial charge in [-0.25, -0.2) is 4.39 Å². The van der Waals surface area contributed by atoms with E-state index in [4.69, 9.17) is 0 Å². The molecule has 116 valence electrons. The van der Waals surface area contributed by atoms with E-state index in [1.54, 1.807) is 6.20 Å². The summed E-state index contributed by atoms with van der Waals surface area (Å²) in [5.74, 6) is -1.02. The topological polar surface area (TPSA) is 74.8 Å². The van der Waals surface area contributed by atoms with Gasteiger partial charge in [0.2, 0.25) is 5.43 Å². The number of carbonyl (C=O) groups is 1. The monoisotopic (exact) mass is 311 g/mol. The van der Waals surface area contributed by atoms with Crippen LogP contribution in [0.2, 0.25) is 0 Å². The van der Waals surface area contributed by atoms with Gasteiger partial charge < -0.3 is 10.3 Å². The molecule has 0 aliphatic rings. The number of halogens is 1. The fourth-order valence-corrected chi connectivity index (χ4v) is 2.33. The van der Waals surface area contributed by atoms with Crippen molar-refractivity contribution in [3.05, 3.63) is 76.1 Å². The molecule has 0 aliphatic heterocycles. The number of aromatic amines is 1. The summed E-state index contributed by atoms with van der Waals surface area (Å²) in [5, 5.41) is 2.83. The second kappa shape index (κ2) is 6.39. The Morgan fingerprint density at radius 3 is 2.87 bits per heavy atom. The Bertz CT molecular complexity index is 907. The number of hydrogen-bond donors (Lipinski definition) is 2. The molecule has 6 heteroatoms. The van der Waals surface area contributed by atoms with Gasteiger partial charge in [0, 0.05) is 36.4 Å². The predicted octanol–water partition coefficient (Wildman–Crippen LogP) is 2.03. The number of benzene rings is 1. The van der Waals surface area contributed by atoms with Crippen molar-refractivity contribution in [1.82, 2.24) is 15.3 Å². The highest BCUT2D eigenvalue weighted by Gasteiger charge is 2.14. The van der Waals surface area contributed by atoms with E-state index in [1.165, 1.54) is 24.4 Å². The van der Waals surface area contributed by atoms with Crippen molar-refractivity contribution in [3.63, 3.8) is 0 Å². The number of nitrogens with zero attached hydrogens (tertiary/aromatic N) is 1. The maximum atomic E-state index is 13.6. The minimum Gasteiger partial charge on any atom is -0.358 e. The summed E-state index contributed by atoms with van der Waals surface area (Å²) in [6, 6.07) is 9.72. The van der Waals surface area contributed by atoms with Crippen LogP contribution in [-0.4, -0.2) is 22.4 Å². The number of H-pyrrole nitrogens is 1. The van der Waals surface area contributed by atoms with E-state index in [9.17, 15) is 14.0 Å². The van der Waals surface area contributed by atoms with Gasteiger partial charge >= 0.3 is 0 Å². The van der Waals surface area contributed by atoms with Gasteiger partial charge in [0.15, 0.2) is 0 Å². The first kappa shape index (κ1) is 14.9. The Kier molecular flexibility index (Phi) is 4.14. The van der Waals surface area contributed by atoms with Gasteiger partial charge in [-0.2, -0.15) is 0 Å². The second-order valence-electron chi connectivity index (χ2n) is 5.02. The largest absolute Gasteiger partial charge is 0.358 e. The van der Waals surface area contributed by atoms with E-state index >= 15 is 0 Å². The molecule has 0 aliphatic carbocycles. The summed E-state index contributed by atoms with van der Waals surface area (Å²) < 4.78 is 13.6. The highest BCUT2D eigenvalue weighted by molar-refractivity contribution is 5.97. The molecule has 0 radical (unpaired) electrons. The molecule has 0 saturated heterocycles. The van der Waals surface area contributed by atoms with Crippen LogP contribution < -0.4 is 10.7 Å². The van der Waals surface area contributed by atoms with Gasteiger partial charge in [-0.1, -0.05) is 12.1 Å². The molecule has 3 aromatic rings. The minimum atomic E-state index is -0.526. The summed E-state index contributed by atoms with van der Waals surface area (Å²) in [6.07, 6.45) is 3.48. The zero-order valence-electron chi connectivity index (χ0n) is 12.2. The normalized spacial score (nSPS) is 10.7. The van der Waals surface area contributed by atoms with Crippen molar-refractivity contribution in [2.24, 2.45) is 0 Å². The van der Waals surface area contributed by atoms with Crippen molar-refractivity contribution < 1.29 is 9.18 Å². The van der Waals surface area contributed by atoms with Gasteiger partial charge in [-0.3, -0.25) is 14.6 Å². The van der Waals surface area contributed by atoms with Crippen LogP contribution in [-0.2, 0) is 6.42 Å². The van der Waals surface area contributed by atoms with Crippen molar-refractivity contribution >= 4 is 16.8 Å². The first-order valence-electron chi connectivity index (χ1n) is 7.15. The summed E-state index contributed by atoms with van der Waals surface area (Å²) >= 11 is 0. The summed E-state index contributed by atoms with van der Waals surface area (Å²) in [4.78, 5) is 31.3. The molecule has 23 heavy (non-hydrogen) atoms. The molecule has 3 rings (SSSR count). The van der Waals surface area contributed by atoms with Gasteiger partial charge in [0.1, 0.15) is 11.4 Å². The van der Waals surface area contributed by atoms with Crippen LogP contribution in [0, 0.1) is 5.82 Å². The van der Waals surface area contributed by atoms with E-state index in [-0.39, 0.29) is 16.5 Å². The summed E-state index contributed by atoms with van der Waals surface area (Å²) in [6.45, 7) is 0.358. The van der Waals surface area contributed by atoms with Crippen molar-refractivity contribution in [1.29, 1.82) is 0 Å². The van der Waals surface area contributed by atoms with Crippen LogP contribution >= 0.6 is 0 Å². The number of nitrogens with one attached hydrogen (secondary N) is 2. The molecular weight excluding hydrogens is 297 g/mol. The molecule has 0 fully saturated rings. The molecule has 0 unspecified atom stereocenters. The molecule has 0 bridgehead atoms. The number of para-hydroxylation sites is 1. The molecule has 5 nitrogen and oxygen atoms in total. The van der Waals surface area contributed by atoms with Crippen molar-refractivity contribution in [3.8, 4) is 0 Å². The molecule has 1 amide bonds. The van der Waals surface area contributed by atoms with Gasteiger partial charge in [-0.15, -0.1) is 0 Å². The van der Waals surface area contributed by atoms with Crippen molar-refractivity contribution in [2.75, 3.05) is 6.54 Å². The van der Waals surface area contributed by atoms with E-state index in [2.05, 4.69) is 15.3 Å². The quantitative estimate of drug-likeness (QED) is 0.774. The maximum absolute atomic E-state index is 13.6. The number of fused-ring (bicyclic) bond motifs is 1. The van der Waals surface area contributed by atoms with Crippen LogP contribution in [0.1, 0.15) is 16.1 Å². The Morgan fingerprint density at radius 2 is 2.09 bits per heavy atom. The van der Waals surface area contributed by atoms with E-state index in [0.29, 0.717) is 13.0 Å². The van der Waals surface area contributed by atoms with Crippen LogP contribution in [0.25, 0.3) is 10.9 Å². The lowest BCUT2D eigenvalue weighted by molar-refractivity contribution is 0.0953. The van der Waals surface area contributed by atoms with Crippen LogP contribution in [0.4, 0.5) is 4.39 Å². The average molecular weight is 311 g/mol. The summed E-state index contributed by atoms with van der Waals surface area (Å²) in [5.41, 5.74) is 0.419. The van der Waals surface area contributed by atoms with Crippen LogP contribution in [0.5, 0.6) is 0 Å². The number of rotatable bonds is 4. The molecule has 0 spiro atoms. The van der Waals surface area contributed by atoms with Gasteiger partial charge in [0.25, 0.3) is 5.91 Å². The van der Waals surface area contributed by atoms with Crippen LogP contribution in [0.15, 0.2) is 53.6 Å². The number of carbonyl (C=O) groups excluding carboxylic acids is 1. The summed E-state index contributed by atoms with van der Waals surface area (Å²) in [7, 11) is 0. The van der Waals surface area contributed by atoms with Crippen LogP contribution in [0.3, 0.4) is 0 Å². The number of aromatic nitrogens is 2. The first-order chi connectivity index (χ1) is 11.2. The standard InChI is InChI=1S/C17H14FN3O2/c18-14-6-3-5-12-15(14)21-10-13(16(12)22)17(23)20-9-7-11-4-1-2-8-19-11/h1-6,8,10H,7,9H2,(H,20,23)(H,21,22). The molecule has 2 N–H and O–H groups in total. The Balaban J connectivity index is 1.76. The first-order valence-corrected chi connectivity index (χ1v) is 7.15. The molecule has 0 saturated carbocycles. The Hall–Kier alpha value is -3.02. The lowest BCUT2D eigenvalue weighted by Gasteiger charge is -2.06. The highest BCUT2D eigenvalue weighted by Crippen LogP contribution is 2.12. The fourth-order valence-electron chi connectivity index (χ4n) is 2.33. The molecule has 2 heterocycles. The van der Waals surface area contributed by atoms with E-state index in [0.717, 1.165) is 5.69 Å².